The van der Waals surface area contributed by atoms with E-state index in [-0.39, 0.29) is 12.2 Å². The van der Waals surface area contributed by atoms with Crippen molar-refractivity contribution in [3.05, 3.63) is 24.0 Å². The molecule has 0 saturated heterocycles. The summed E-state index contributed by atoms with van der Waals surface area (Å²) >= 11 is 0. The van der Waals surface area contributed by atoms with E-state index in [2.05, 4.69) is 9.72 Å². The first-order chi connectivity index (χ1) is 6.04. The highest BCUT2D eigenvalue weighted by atomic mass is 19.4. The number of aromatic nitrogens is 1. The van der Waals surface area contributed by atoms with Gasteiger partial charge >= 0.3 is 6.18 Å². The molecule has 1 rings (SSSR count). The van der Waals surface area contributed by atoms with E-state index >= 15 is 0 Å². The minimum absolute atomic E-state index is 0.0389. The zero-order valence-electron chi connectivity index (χ0n) is 6.21. The summed E-state index contributed by atoms with van der Waals surface area (Å²) in [5, 5.41) is 0. The van der Waals surface area contributed by atoms with E-state index in [1.54, 1.807) is 0 Å². The van der Waals surface area contributed by atoms with E-state index in [1.165, 1.54) is 0 Å². The second kappa shape index (κ2) is 3.42. The second-order valence-electron chi connectivity index (χ2n) is 2.12. The molecule has 0 N–H and O–H groups in total. The van der Waals surface area contributed by atoms with E-state index in [0.29, 0.717) is 12.3 Å². The van der Waals surface area contributed by atoms with Crippen LogP contribution in [0.25, 0.3) is 0 Å². The van der Waals surface area contributed by atoms with Crippen LogP contribution in [0.2, 0.25) is 0 Å². The number of ether oxygens (including phenoxy) is 1. The zero-order valence-corrected chi connectivity index (χ0v) is 6.21. The highest BCUT2D eigenvalue weighted by Crippen LogP contribution is 2.30. The first kappa shape index (κ1) is 9.50. The van der Waals surface area contributed by atoms with Gasteiger partial charge in [0.05, 0.1) is 11.8 Å². The van der Waals surface area contributed by atoms with Gasteiger partial charge in [-0.05, 0) is 6.07 Å². The van der Waals surface area contributed by atoms with Crippen molar-refractivity contribution in [2.45, 2.75) is 6.18 Å². The van der Waals surface area contributed by atoms with Crippen molar-refractivity contribution in [1.29, 1.82) is 0 Å². The molecule has 0 spiro atoms. The van der Waals surface area contributed by atoms with Gasteiger partial charge in [-0.15, -0.1) is 0 Å². The van der Waals surface area contributed by atoms with Gasteiger partial charge in [0.15, 0.2) is 0 Å². The van der Waals surface area contributed by atoms with Crippen LogP contribution >= 0.6 is 0 Å². The van der Waals surface area contributed by atoms with Gasteiger partial charge < -0.3 is 4.74 Å². The Hall–Kier alpha value is -1.59. The van der Waals surface area contributed by atoms with Gasteiger partial charge in [0.2, 0.25) is 0 Å². The lowest BCUT2D eigenvalue weighted by molar-refractivity contribution is -0.138. The fourth-order valence-corrected chi connectivity index (χ4v) is 0.694. The van der Waals surface area contributed by atoms with E-state index in [4.69, 9.17) is 0 Å². The molecule has 0 radical (unpaired) electrons. The number of alkyl halides is 3. The third-order valence-electron chi connectivity index (χ3n) is 1.22. The number of halogens is 3. The van der Waals surface area contributed by atoms with Crippen molar-refractivity contribution >= 4 is 6.47 Å². The largest absolute Gasteiger partial charge is 0.427 e. The third-order valence-corrected chi connectivity index (χ3v) is 1.22. The van der Waals surface area contributed by atoms with Crippen molar-refractivity contribution < 1.29 is 22.7 Å². The van der Waals surface area contributed by atoms with E-state index in [0.717, 1.165) is 6.20 Å². The van der Waals surface area contributed by atoms with E-state index < -0.39 is 11.7 Å². The van der Waals surface area contributed by atoms with Crippen molar-refractivity contribution in [2.75, 3.05) is 0 Å². The van der Waals surface area contributed by atoms with Crippen LogP contribution in [0.1, 0.15) is 5.56 Å². The van der Waals surface area contributed by atoms with Crippen molar-refractivity contribution in [3.63, 3.8) is 0 Å². The number of carbonyl (C=O) groups excluding carboxylic acids is 1. The monoisotopic (exact) mass is 191 g/mol. The third kappa shape index (κ3) is 2.43. The Labute approximate surface area is 71.2 Å². The smallest absolute Gasteiger partial charge is 0.418 e. The molecule has 0 unspecified atom stereocenters. The Morgan fingerprint density at radius 1 is 1.38 bits per heavy atom. The minimum Gasteiger partial charge on any atom is -0.427 e. The number of pyridine rings is 1. The highest BCUT2D eigenvalue weighted by molar-refractivity contribution is 5.44. The molecule has 0 saturated carbocycles. The summed E-state index contributed by atoms with van der Waals surface area (Å²) in [7, 11) is 0. The lowest BCUT2D eigenvalue weighted by Gasteiger charge is -2.05. The van der Waals surface area contributed by atoms with Crippen LogP contribution in [0.5, 0.6) is 5.75 Å². The maximum absolute atomic E-state index is 12.0. The Morgan fingerprint density at radius 3 is 2.62 bits per heavy atom. The average Bonchev–Trinajstić information content (AvgIpc) is 2.04. The predicted octanol–water partition coefficient (Wildman–Crippen LogP) is 1.64. The number of hydrogen-bond donors (Lipinski definition) is 0. The molecule has 0 aliphatic rings. The Balaban J connectivity index is 2.98. The Kier molecular flexibility index (Phi) is 2.50. The maximum Gasteiger partial charge on any atom is 0.418 e. The average molecular weight is 191 g/mol. The molecule has 3 nitrogen and oxygen atoms in total. The van der Waals surface area contributed by atoms with Crippen molar-refractivity contribution in [2.24, 2.45) is 0 Å². The summed E-state index contributed by atoms with van der Waals surface area (Å²) in [6.07, 6.45) is -2.81. The maximum atomic E-state index is 12.0. The van der Waals surface area contributed by atoms with Gasteiger partial charge in [0, 0.05) is 6.20 Å². The van der Waals surface area contributed by atoms with Crippen LogP contribution in [0.4, 0.5) is 13.2 Å². The van der Waals surface area contributed by atoms with Gasteiger partial charge in [-0.2, -0.15) is 13.2 Å². The molecule has 0 aliphatic heterocycles. The summed E-state index contributed by atoms with van der Waals surface area (Å²) in [5.41, 5.74) is -0.952. The van der Waals surface area contributed by atoms with Crippen LogP contribution < -0.4 is 4.74 Å². The molecule has 13 heavy (non-hydrogen) atoms. The van der Waals surface area contributed by atoms with E-state index in [9.17, 15) is 18.0 Å². The van der Waals surface area contributed by atoms with Crippen LogP contribution in [-0.2, 0) is 11.0 Å². The van der Waals surface area contributed by atoms with Gasteiger partial charge in [-0.3, -0.25) is 9.78 Å². The van der Waals surface area contributed by atoms with Crippen LogP contribution in [0.15, 0.2) is 18.5 Å². The summed E-state index contributed by atoms with van der Waals surface area (Å²) in [6, 6.07) is 0.696. The lowest BCUT2D eigenvalue weighted by Crippen LogP contribution is -2.05. The predicted molar refractivity (Wildman–Crippen MR) is 35.9 cm³/mol. The molecule has 0 atom stereocenters. The molecule has 0 aliphatic carbocycles. The van der Waals surface area contributed by atoms with Gasteiger partial charge in [0.25, 0.3) is 6.47 Å². The molecular formula is C7H4F3NO2. The normalized spacial score (nSPS) is 11.0. The Morgan fingerprint density at radius 2 is 2.08 bits per heavy atom. The van der Waals surface area contributed by atoms with Gasteiger partial charge in [-0.1, -0.05) is 0 Å². The first-order valence-electron chi connectivity index (χ1n) is 3.16. The molecule has 1 heterocycles. The van der Waals surface area contributed by atoms with E-state index in [1.807, 2.05) is 0 Å². The quantitative estimate of drug-likeness (QED) is 0.667. The molecule has 0 aromatic carbocycles. The summed E-state index contributed by atoms with van der Waals surface area (Å²) < 4.78 is 40.3. The fourth-order valence-electron chi connectivity index (χ4n) is 0.694. The topological polar surface area (TPSA) is 39.2 Å². The van der Waals surface area contributed by atoms with Crippen LogP contribution in [0, 0.1) is 0 Å². The SMILES string of the molecule is O=COc1cncc(C(F)(F)F)c1. The van der Waals surface area contributed by atoms with Gasteiger partial charge in [0.1, 0.15) is 5.75 Å². The lowest BCUT2D eigenvalue weighted by atomic mass is 10.3. The first-order valence-corrected chi connectivity index (χ1v) is 3.16. The molecular weight excluding hydrogens is 187 g/mol. The number of rotatable bonds is 2. The van der Waals surface area contributed by atoms with Crippen molar-refractivity contribution in [3.8, 4) is 5.75 Å². The molecule has 70 valence electrons. The van der Waals surface area contributed by atoms with Crippen LogP contribution in [0.3, 0.4) is 0 Å². The number of hydrogen-bond acceptors (Lipinski definition) is 3. The zero-order chi connectivity index (χ0) is 9.90. The summed E-state index contributed by atoms with van der Waals surface area (Å²) in [5.74, 6) is -0.232. The molecule has 0 amide bonds. The summed E-state index contributed by atoms with van der Waals surface area (Å²) in [4.78, 5) is 13.1. The molecule has 6 heteroatoms. The molecule has 1 aromatic heterocycles. The molecule has 0 bridgehead atoms. The Bertz CT molecular complexity index is 311. The molecule has 1 aromatic rings. The minimum atomic E-state index is -4.48. The number of carbonyl (C=O) groups is 1. The van der Waals surface area contributed by atoms with Crippen LogP contribution in [-0.4, -0.2) is 11.5 Å². The highest BCUT2D eigenvalue weighted by Gasteiger charge is 2.31. The van der Waals surface area contributed by atoms with Gasteiger partial charge in [-0.25, -0.2) is 0 Å². The number of nitrogens with zero attached hydrogens (tertiary/aromatic N) is 1. The summed E-state index contributed by atoms with van der Waals surface area (Å²) in [6.45, 7) is 0.0389. The standard InChI is InChI=1S/C7H4F3NO2/c8-7(9,10)5-1-6(13-4-12)3-11-2-5/h1-4H. The second-order valence-corrected chi connectivity index (χ2v) is 2.12. The molecule has 0 fully saturated rings. The fraction of sp³-hybridized carbons (Fsp3) is 0.143. The van der Waals surface area contributed by atoms with Crippen molar-refractivity contribution in [1.82, 2.24) is 4.98 Å².